The Balaban J connectivity index is 2.25. The fourth-order valence-electron chi connectivity index (χ4n) is 1.73. The first-order valence-corrected chi connectivity index (χ1v) is 7.08. The molecule has 0 aromatic heterocycles. The molecule has 108 valence electrons. The monoisotopic (exact) mass is 328 g/mol. The van der Waals surface area contributed by atoms with Crippen LogP contribution >= 0.6 is 23.2 Å². The van der Waals surface area contributed by atoms with Crippen LogP contribution in [-0.2, 0) is 6.42 Å². The average Bonchev–Trinajstić information content (AvgIpc) is 2.55. The zero-order valence-corrected chi connectivity index (χ0v) is 12.9. The van der Waals surface area contributed by atoms with Crippen LogP contribution in [0.2, 0.25) is 10.0 Å². The third-order valence-corrected chi connectivity index (χ3v) is 3.41. The van der Waals surface area contributed by atoms with E-state index in [0.29, 0.717) is 15.7 Å². The van der Waals surface area contributed by atoms with Gasteiger partial charge in [0, 0.05) is 16.5 Å². The van der Waals surface area contributed by atoms with Gasteiger partial charge in [-0.05, 0) is 42.0 Å². The maximum Gasteiger partial charge on any atom is 0.256 e. The number of nitrogens with zero attached hydrogens (tertiary/aromatic N) is 4. The van der Waals surface area contributed by atoms with E-state index in [2.05, 4.69) is 10.2 Å². The van der Waals surface area contributed by atoms with Crippen molar-refractivity contribution in [1.29, 1.82) is 10.5 Å². The molecule has 0 heterocycles. The first-order valence-electron chi connectivity index (χ1n) is 6.32. The number of benzene rings is 2. The van der Waals surface area contributed by atoms with Crippen molar-refractivity contribution in [2.75, 3.05) is 0 Å². The topological polar surface area (TPSA) is 72.3 Å². The van der Waals surface area contributed by atoms with Gasteiger partial charge in [-0.3, -0.25) is 0 Å². The lowest BCUT2D eigenvalue weighted by Gasteiger charge is -2.12. The highest BCUT2D eigenvalue weighted by Gasteiger charge is 2.30. The lowest BCUT2D eigenvalue weighted by atomic mass is 9.95. The van der Waals surface area contributed by atoms with Crippen molar-refractivity contribution in [3.8, 4) is 12.1 Å². The van der Waals surface area contributed by atoms with Gasteiger partial charge < -0.3 is 0 Å². The van der Waals surface area contributed by atoms with E-state index in [1.54, 1.807) is 48.5 Å². The Morgan fingerprint density at radius 3 is 1.86 bits per heavy atom. The quantitative estimate of drug-likeness (QED) is 0.732. The number of hydrogen-bond acceptors (Lipinski definition) is 4. The lowest BCUT2D eigenvalue weighted by Crippen LogP contribution is -2.24. The van der Waals surface area contributed by atoms with E-state index >= 15 is 0 Å². The van der Waals surface area contributed by atoms with E-state index in [1.807, 2.05) is 12.1 Å². The molecule has 0 atom stereocenters. The number of hydrogen-bond donors (Lipinski definition) is 0. The molecule has 0 amide bonds. The zero-order chi connectivity index (χ0) is 16.0. The molecule has 0 aliphatic heterocycles. The maximum absolute atomic E-state index is 9.34. The highest BCUT2D eigenvalue weighted by Crippen LogP contribution is 2.23. The van der Waals surface area contributed by atoms with Gasteiger partial charge in [0.15, 0.2) is 0 Å². The van der Waals surface area contributed by atoms with Gasteiger partial charge in [-0.1, -0.05) is 35.3 Å². The lowest BCUT2D eigenvalue weighted by molar-refractivity contribution is 0.645. The second kappa shape index (κ2) is 7.04. The minimum absolute atomic E-state index is 0.133. The zero-order valence-electron chi connectivity index (χ0n) is 11.4. The molecule has 6 heteroatoms. The molecule has 0 saturated carbocycles. The van der Waals surface area contributed by atoms with Crippen LogP contribution in [0.4, 0.5) is 5.69 Å². The van der Waals surface area contributed by atoms with Crippen LogP contribution in [0.1, 0.15) is 5.56 Å². The molecule has 2 aromatic carbocycles. The summed E-state index contributed by atoms with van der Waals surface area (Å²) in [5.41, 5.74) is -0.272. The molecule has 22 heavy (non-hydrogen) atoms. The van der Waals surface area contributed by atoms with Crippen molar-refractivity contribution in [1.82, 2.24) is 0 Å². The molecule has 0 aliphatic carbocycles. The van der Waals surface area contributed by atoms with Gasteiger partial charge in [-0.2, -0.15) is 20.8 Å². The SMILES string of the molecule is N#CC(C#N)(Cc1ccc(Cl)cc1)N=Nc1ccc(Cl)cc1. The smallest absolute Gasteiger partial charge is 0.194 e. The van der Waals surface area contributed by atoms with Crippen molar-refractivity contribution in [2.45, 2.75) is 12.0 Å². The molecular formula is C16H10Cl2N4. The van der Waals surface area contributed by atoms with Crippen LogP contribution in [0, 0.1) is 22.7 Å². The molecule has 0 unspecified atom stereocenters. The molecule has 2 aromatic rings. The standard InChI is InChI=1S/C16H10Cl2N4/c17-13-3-1-12(2-4-13)9-16(10-19,11-20)22-21-15-7-5-14(18)6-8-15/h1-8H,9H2. The summed E-state index contributed by atoms with van der Waals surface area (Å²) in [5, 5.41) is 27.8. The minimum atomic E-state index is -1.58. The van der Waals surface area contributed by atoms with Crippen molar-refractivity contribution in [2.24, 2.45) is 10.2 Å². The van der Waals surface area contributed by atoms with Gasteiger partial charge >= 0.3 is 0 Å². The van der Waals surface area contributed by atoms with Crippen LogP contribution < -0.4 is 0 Å². The van der Waals surface area contributed by atoms with Crippen LogP contribution in [-0.4, -0.2) is 5.54 Å². The summed E-state index contributed by atoms with van der Waals surface area (Å²) in [6, 6.07) is 17.4. The Kier molecular flexibility index (Phi) is 5.12. The minimum Gasteiger partial charge on any atom is -0.194 e. The molecule has 0 spiro atoms. The van der Waals surface area contributed by atoms with Gasteiger partial charge in [0.05, 0.1) is 5.69 Å². The fourth-order valence-corrected chi connectivity index (χ4v) is 1.98. The molecule has 0 N–H and O–H groups in total. The summed E-state index contributed by atoms with van der Waals surface area (Å²) in [6.45, 7) is 0. The van der Waals surface area contributed by atoms with Crippen LogP contribution in [0.3, 0.4) is 0 Å². The molecule has 0 saturated heterocycles. The maximum atomic E-state index is 9.34. The van der Waals surface area contributed by atoms with E-state index < -0.39 is 5.54 Å². The number of halogens is 2. The predicted octanol–water partition coefficient (Wildman–Crippen LogP) is 5.11. The Morgan fingerprint density at radius 1 is 0.864 bits per heavy atom. The van der Waals surface area contributed by atoms with E-state index in [1.165, 1.54) is 0 Å². The highest BCUT2D eigenvalue weighted by atomic mass is 35.5. The molecule has 0 aliphatic rings. The Labute approximate surface area is 138 Å². The summed E-state index contributed by atoms with van der Waals surface area (Å²) in [7, 11) is 0. The molecular weight excluding hydrogens is 319 g/mol. The van der Waals surface area contributed by atoms with Crippen molar-refractivity contribution in [3.05, 3.63) is 64.1 Å². The number of azo groups is 1. The van der Waals surface area contributed by atoms with Gasteiger partial charge in [0.2, 0.25) is 0 Å². The van der Waals surface area contributed by atoms with Crippen LogP contribution in [0.25, 0.3) is 0 Å². The normalized spacial score (nSPS) is 11.1. The Hall–Kier alpha value is -2.40. The van der Waals surface area contributed by atoms with Crippen LogP contribution in [0.15, 0.2) is 58.8 Å². The number of nitriles is 2. The summed E-state index contributed by atoms with van der Waals surface area (Å²) >= 11 is 11.6. The summed E-state index contributed by atoms with van der Waals surface area (Å²) in [6.07, 6.45) is 0.133. The Morgan fingerprint density at radius 2 is 1.36 bits per heavy atom. The fraction of sp³-hybridized carbons (Fsp3) is 0.125. The Bertz CT molecular complexity index is 739. The molecule has 0 radical (unpaired) electrons. The predicted molar refractivity (Wildman–Crippen MR) is 85.1 cm³/mol. The van der Waals surface area contributed by atoms with Crippen molar-refractivity contribution < 1.29 is 0 Å². The van der Waals surface area contributed by atoms with E-state index in [-0.39, 0.29) is 6.42 Å². The summed E-state index contributed by atoms with van der Waals surface area (Å²) < 4.78 is 0. The van der Waals surface area contributed by atoms with E-state index in [4.69, 9.17) is 23.2 Å². The van der Waals surface area contributed by atoms with Gasteiger partial charge in [-0.25, -0.2) is 0 Å². The average molecular weight is 329 g/mol. The van der Waals surface area contributed by atoms with E-state index in [9.17, 15) is 10.5 Å². The first kappa shape index (κ1) is 16.0. The van der Waals surface area contributed by atoms with Crippen molar-refractivity contribution in [3.63, 3.8) is 0 Å². The second-order valence-corrected chi connectivity index (χ2v) is 5.44. The third kappa shape index (κ3) is 4.05. The summed E-state index contributed by atoms with van der Waals surface area (Å²) in [4.78, 5) is 0. The van der Waals surface area contributed by atoms with Gasteiger partial charge in [-0.15, -0.1) is 0 Å². The van der Waals surface area contributed by atoms with Gasteiger partial charge in [0.25, 0.3) is 5.54 Å². The molecule has 4 nitrogen and oxygen atoms in total. The molecule has 0 fully saturated rings. The summed E-state index contributed by atoms with van der Waals surface area (Å²) in [5.74, 6) is 0. The van der Waals surface area contributed by atoms with E-state index in [0.717, 1.165) is 5.56 Å². The van der Waals surface area contributed by atoms with Gasteiger partial charge in [0.1, 0.15) is 12.1 Å². The highest BCUT2D eigenvalue weighted by molar-refractivity contribution is 6.30. The molecule has 0 bridgehead atoms. The van der Waals surface area contributed by atoms with Crippen LogP contribution in [0.5, 0.6) is 0 Å². The largest absolute Gasteiger partial charge is 0.256 e. The third-order valence-electron chi connectivity index (χ3n) is 2.91. The number of rotatable bonds is 4. The van der Waals surface area contributed by atoms with Crippen molar-refractivity contribution >= 4 is 28.9 Å². The first-order chi connectivity index (χ1) is 10.6. The molecule has 2 rings (SSSR count). The second-order valence-electron chi connectivity index (χ2n) is 4.56.